The van der Waals surface area contributed by atoms with Gasteiger partial charge in [0.05, 0.1) is 0 Å². The molecule has 4 aromatic carbocycles. The minimum atomic E-state index is -2.36. The molecule has 1 aliphatic heterocycles. The van der Waals surface area contributed by atoms with Crippen molar-refractivity contribution in [1.29, 1.82) is 0 Å². The lowest BCUT2D eigenvalue weighted by Gasteiger charge is -2.31. The highest BCUT2D eigenvalue weighted by Gasteiger charge is 2.15. The number of nitrogens with two attached hydrogens (primary N) is 1. The van der Waals surface area contributed by atoms with Gasteiger partial charge in [-0.3, -0.25) is 9.35 Å². The zero-order chi connectivity index (χ0) is 20.9. The fraction of sp³-hybridized carbons (Fsp3) is 0.167. The summed E-state index contributed by atoms with van der Waals surface area (Å²) < 4.78 is 17.6. The Morgan fingerprint density at radius 2 is 1.47 bits per heavy atom. The van der Waals surface area contributed by atoms with Crippen LogP contribution in [0.5, 0.6) is 0 Å². The molecule has 3 N–H and O–H groups in total. The molecule has 6 heteroatoms. The molecule has 1 saturated heterocycles. The minimum absolute atomic E-state index is 1.06. The van der Waals surface area contributed by atoms with Crippen molar-refractivity contribution in [2.24, 2.45) is 5.14 Å². The zero-order valence-corrected chi connectivity index (χ0v) is 17.4. The van der Waals surface area contributed by atoms with E-state index in [-0.39, 0.29) is 0 Å². The van der Waals surface area contributed by atoms with E-state index in [1.54, 1.807) is 0 Å². The molecule has 0 radical (unpaired) electrons. The fourth-order valence-electron chi connectivity index (χ4n) is 4.07. The highest BCUT2D eigenvalue weighted by atomic mass is 32.2. The Labute approximate surface area is 178 Å². The van der Waals surface area contributed by atoms with Crippen molar-refractivity contribution >= 4 is 38.5 Å². The van der Waals surface area contributed by atoms with Crippen molar-refractivity contribution in [2.45, 2.75) is 0 Å². The number of rotatable bonds is 2. The first-order chi connectivity index (χ1) is 14.6. The summed E-state index contributed by atoms with van der Waals surface area (Å²) in [6.45, 7) is 4.25. The van der Waals surface area contributed by atoms with Gasteiger partial charge in [-0.25, -0.2) is 0 Å². The predicted molar refractivity (Wildman–Crippen MR) is 125 cm³/mol. The van der Waals surface area contributed by atoms with Gasteiger partial charge in [0, 0.05) is 48.5 Å². The van der Waals surface area contributed by atoms with Gasteiger partial charge in [0.2, 0.25) is 0 Å². The van der Waals surface area contributed by atoms with Crippen molar-refractivity contribution in [1.82, 2.24) is 5.32 Å². The van der Waals surface area contributed by atoms with Gasteiger partial charge in [-0.1, -0.05) is 66.7 Å². The summed E-state index contributed by atoms with van der Waals surface area (Å²) in [7, 11) is 0. The summed E-state index contributed by atoms with van der Waals surface area (Å²) in [5.41, 5.74) is 3.95. The largest absolute Gasteiger partial charge is 0.760 e. The molecule has 1 aliphatic rings. The molecule has 1 fully saturated rings. The van der Waals surface area contributed by atoms with Crippen LogP contribution in [-0.2, 0) is 11.3 Å². The van der Waals surface area contributed by atoms with Gasteiger partial charge in [0.25, 0.3) is 0 Å². The third kappa shape index (κ3) is 4.52. The number of fused-ring (bicyclic) bond motifs is 2. The lowest BCUT2D eigenvalue weighted by molar-refractivity contribution is 0.539. The van der Waals surface area contributed by atoms with E-state index in [0.29, 0.717) is 0 Å². The summed E-state index contributed by atoms with van der Waals surface area (Å²) in [6, 6.07) is 28.8. The van der Waals surface area contributed by atoms with E-state index in [0.717, 1.165) is 26.2 Å². The maximum atomic E-state index is 8.78. The summed E-state index contributed by atoms with van der Waals surface area (Å²) in [6.07, 6.45) is 0. The van der Waals surface area contributed by atoms with Crippen LogP contribution in [0.3, 0.4) is 0 Å². The maximum Gasteiger partial charge on any atom is 0.0447 e. The van der Waals surface area contributed by atoms with Crippen LogP contribution in [-0.4, -0.2) is 34.9 Å². The van der Waals surface area contributed by atoms with Crippen LogP contribution in [0.4, 0.5) is 5.69 Å². The molecular weight excluding hydrogens is 394 g/mol. The third-order valence-corrected chi connectivity index (χ3v) is 5.42. The van der Waals surface area contributed by atoms with Crippen LogP contribution in [0, 0.1) is 0 Å². The molecule has 0 aromatic heterocycles. The van der Waals surface area contributed by atoms with E-state index in [9.17, 15) is 0 Å². The van der Waals surface area contributed by atoms with E-state index >= 15 is 0 Å². The average Bonchev–Trinajstić information content (AvgIpc) is 2.78. The number of hydrogen-bond acceptors (Lipinski definition) is 4. The molecule has 1 unspecified atom stereocenters. The fourth-order valence-corrected chi connectivity index (χ4v) is 4.07. The molecule has 0 aliphatic carbocycles. The van der Waals surface area contributed by atoms with Crippen molar-refractivity contribution in [2.75, 3.05) is 31.1 Å². The topological polar surface area (TPSA) is 81.4 Å². The number of nitrogens with one attached hydrogen (secondary N) is 1. The molecule has 0 bridgehead atoms. The second kappa shape index (κ2) is 9.36. The lowest BCUT2D eigenvalue weighted by Crippen LogP contribution is -2.43. The Balaban J connectivity index is 0.000000503. The van der Waals surface area contributed by atoms with Crippen LogP contribution >= 0.6 is 0 Å². The molecule has 5 rings (SSSR count). The molecule has 154 valence electrons. The molecule has 4 aromatic rings. The van der Waals surface area contributed by atoms with Crippen LogP contribution in [0.1, 0.15) is 0 Å². The lowest BCUT2D eigenvalue weighted by atomic mass is 9.95. The first-order valence-corrected chi connectivity index (χ1v) is 11.1. The molecule has 0 saturated carbocycles. The summed E-state index contributed by atoms with van der Waals surface area (Å²) >= 11 is -2.36. The van der Waals surface area contributed by atoms with Gasteiger partial charge in [-0.2, -0.15) is 0 Å². The van der Waals surface area contributed by atoms with Gasteiger partial charge < -0.3 is 14.8 Å². The van der Waals surface area contributed by atoms with E-state index in [1.807, 2.05) is 0 Å². The monoisotopic (exact) mass is 418 g/mol. The van der Waals surface area contributed by atoms with Gasteiger partial charge in [-0.15, -0.1) is 0 Å². The van der Waals surface area contributed by atoms with Gasteiger partial charge in [-0.05, 0) is 39.4 Å². The number of piperazine rings is 1. The van der Waals surface area contributed by atoms with E-state index in [2.05, 4.69) is 94.2 Å². The average molecular weight is 419 g/mol. The predicted octanol–water partition coefficient (Wildman–Crippen LogP) is 3.81. The Kier molecular flexibility index (Phi) is 6.40. The van der Waals surface area contributed by atoms with E-state index < -0.39 is 11.3 Å². The first kappa shape index (κ1) is 20.5. The molecule has 1 atom stereocenters. The van der Waals surface area contributed by atoms with Gasteiger partial charge in [0.15, 0.2) is 0 Å². The van der Waals surface area contributed by atoms with Gasteiger partial charge >= 0.3 is 0 Å². The second-order valence-corrected chi connectivity index (χ2v) is 7.76. The highest BCUT2D eigenvalue weighted by molar-refractivity contribution is 7.76. The molecule has 30 heavy (non-hydrogen) atoms. The summed E-state index contributed by atoms with van der Waals surface area (Å²) in [5.74, 6) is 0. The third-order valence-electron chi connectivity index (χ3n) is 5.42. The van der Waals surface area contributed by atoms with Gasteiger partial charge in [0.1, 0.15) is 0 Å². The SMILES string of the molecule is NS(=O)[O-].c1ccc2cc(-c3ccc(N4CCNCC4)c4ccccc34)ccc2c1. The van der Waals surface area contributed by atoms with Crippen LogP contribution in [0.25, 0.3) is 32.7 Å². The van der Waals surface area contributed by atoms with E-state index in [4.69, 9.17) is 8.76 Å². The maximum absolute atomic E-state index is 8.78. The minimum Gasteiger partial charge on any atom is -0.760 e. The Morgan fingerprint density at radius 1 is 0.833 bits per heavy atom. The van der Waals surface area contributed by atoms with Crippen LogP contribution in [0.2, 0.25) is 0 Å². The van der Waals surface area contributed by atoms with Crippen molar-refractivity contribution in [3.63, 3.8) is 0 Å². The number of benzene rings is 4. The normalized spacial score (nSPS) is 14.9. The molecule has 0 spiro atoms. The quantitative estimate of drug-likeness (QED) is 0.485. The molecule has 5 nitrogen and oxygen atoms in total. The Bertz CT molecular complexity index is 1190. The Morgan fingerprint density at radius 3 is 2.20 bits per heavy atom. The smallest absolute Gasteiger partial charge is 0.0447 e. The van der Waals surface area contributed by atoms with Crippen molar-refractivity contribution < 1.29 is 8.76 Å². The number of hydrogen-bond donors (Lipinski definition) is 2. The summed E-state index contributed by atoms with van der Waals surface area (Å²) in [4.78, 5) is 2.50. The number of nitrogens with zero attached hydrogens (tertiary/aromatic N) is 1. The highest BCUT2D eigenvalue weighted by Crippen LogP contribution is 2.36. The molecule has 1 heterocycles. The second-order valence-electron chi connectivity index (χ2n) is 7.24. The molecule has 0 amide bonds. The molecular formula is C24H24N3O2S-. The summed E-state index contributed by atoms with van der Waals surface area (Å²) in [5, 5.41) is 12.7. The van der Waals surface area contributed by atoms with E-state index in [1.165, 1.54) is 38.4 Å². The van der Waals surface area contributed by atoms with Crippen LogP contribution < -0.4 is 15.4 Å². The first-order valence-electron chi connectivity index (χ1n) is 9.94. The number of anilines is 1. The zero-order valence-electron chi connectivity index (χ0n) is 16.6. The van der Waals surface area contributed by atoms with Crippen molar-refractivity contribution in [3.05, 3.63) is 78.9 Å². The Hall–Kier alpha value is -2.77. The standard InChI is InChI=1S/C24H22N2.H3NO2S/c1-2-6-19-17-20(10-9-18(19)5-1)21-11-12-24(26-15-13-25-14-16-26)23-8-4-3-7-22(21)23;1-4(2)3/h1-12,17,25H,13-16H2;1H2,(H,2,3)/p-1. The van der Waals surface area contributed by atoms with Crippen LogP contribution in [0.15, 0.2) is 78.9 Å². The van der Waals surface area contributed by atoms with Crippen molar-refractivity contribution in [3.8, 4) is 11.1 Å².